The van der Waals surface area contributed by atoms with E-state index in [2.05, 4.69) is 0 Å². The fourth-order valence-electron chi connectivity index (χ4n) is 2.16. The highest BCUT2D eigenvalue weighted by atomic mass is 32.1. The number of alkyl halides is 3. The van der Waals surface area contributed by atoms with E-state index in [1.807, 2.05) is 36.4 Å². The SMILES string of the molecule is FC(F)(F)c1ccc2sc(Cc3ccccc3)cc2c1. The molecule has 0 aliphatic carbocycles. The van der Waals surface area contributed by atoms with Gasteiger partial charge < -0.3 is 0 Å². The van der Waals surface area contributed by atoms with Crippen molar-refractivity contribution in [1.82, 2.24) is 0 Å². The molecule has 0 bridgehead atoms. The Kier molecular flexibility index (Phi) is 3.26. The summed E-state index contributed by atoms with van der Waals surface area (Å²) in [4.78, 5) is 1.07. The summed E-state index contributed by atoms with van der Waals surface area (Å²) in [6.45, 7) is 0. The average molecular weight is 292 g/mol. The molecule has 0 aliphatic rings. The van der Waals surface area contributed by atoms with Crippen LogP contribution in [0.5, 0.6) is 0 Å². The molecule has 2 aromatic carbocycles. The van der Waals surface area contributed by atoms with Crippen LogP contribution in [0.4, 0.5) is 13.2 Å². The summed E-state index contributed by atoms with van der Waals surface area (Å²) in [6.07, 6.45) is -3.53. The highest BCUT2D eigenvalue weighted by molar-refractivity contribution is 7.19. The van der Waals surface area contributed by atoms with Crippen molar-refractivity contribution in [3.8, 4) is 0 Å². The van der Waals surface area contributed by atoms with E-state index in [4.69, 9.17) is 0 Å². The van der Waals surface area contributed by atoms with E-state index in [9.17, 15) is 13.2 Å². The van der Waals surface area contributed by atoms with Gasteiger partial charge in [-0.3, -0.25) is 0 Å². The molecule has 0 spiro atoms. The first kappa shape index (κ1) is 13.2. The highest BCUT2D eigenvalue weighted by Crippen LogP contribution is 2.34. The van der Waals surface area contributed by atoms with Crippen LogP contribution < -0.4 is 0 Å². The van der Waals surface area contributed by atoms with E-state index in [1.54, 1.807) is 17.4 Å². The average Bonchev–Trinajstić information content (AvgIpc) is 2.80. The molecule has 0 radical (unpaired) electrons. The normalized spacial score (nSPS) is 11.9. The van der Waals surface area contributed by atoms with E-state index in [0.29, 0.717) is 5.39 Å². The number of rotatable bonds is 2. The minimum atomic E-state index is -4.28. The molecule has 1 aromatic heterocycles. The van der Waals surface area contributed by atoms with E-state index in [-0.39, 0.29) is 0 Å². The monoisotopic (exact) mass is 292 g/mol. The van der Waals surface area contributed by atoms with Crippen molar-refractivity contribution in [2.75, 3.05) is 0 Å². The van der Waals surface area contributed by atoms with Gasteiger partial charge in [0.2, 0.25) is 0 Å². The number of thiophene rings is 1. The second-order valence-electron chi connectivity index (χ2n) is 4.63. The van der Waals surface area contributed by atoms with Gasteiger partial charge in [0.1, 0.15) is 0 Å². The van der Waals surface area contributed by atoms with Crippen molar-refractivity contribution in [3.05, 3.63) is 70.6 Å². The summed E-state index contributed by atoms with van der Waals surface area (Å²) in [5.41, 5.74) is 0.573. The van der Waals surface area contributed by atoms with Crippen LogP contribution >= 0.6 is 11.3 Å². The summed E-state index contributed by atoms with van der Waals surface area (Å²) >= 11 is 1.54. The molecule has 0 N–H and O–H groups in total. The quantitative estimate of drug-likeness (QED) is 0.584. The summed E-state index contributed by atoms with van der Waals surface area (Å²) in [6, 6.07) is 15.7. The maximum absolute atomic E-state index is 12.7. The van der Waals surface area contributed by atoms with Crippen LogP contribution in [0.2, 0.25) is 0 Å². The summed E-state index contributed by atoms with van der Waals surface area (Å²) < 4.78 is 38.9. The Morgan fingerprint density at radius 1 is 0.900 bits per heavy atom. The van der Waals surface area contributed by atoms with E-state index in [1.165, 1.54) is 6.07 Å². The Bertz CT molecular complexity index is 726. The predicted molar refractivity (Wildman–Crippen MR) is 76.1 cm³/mol. The first-order valence-electron chi connectivity index (χ1n) is 6.16. The first-order valence-corrected chi connectivity index (χ1v) is 6.97. The summed E-state index contributed by atoms with van der Waals surface area (Å²) in [5.74, 6) is 0. The maximum atomic E-state index is 12.7. The van der Waals surface area contributed by atoms with Gasteiger partial charge in [-0.15, -0.1) is 11.3 Å². The van der Waals surface area contributed by atoms with Gasteiger partial charge in [-0.25, -0.2) is 0 Å². The second kappa shape index (κ2) is 4.94. The lowest BCUT2D eigenvalue weighted by Gasteiger charge is -2.05. The predicted octanol–water partition coefficient (Wildman–Crippen LogP) is 5.51. The molecular formula is C16H11F3S. The molecule has 4 heteroatoms. The minimum absolute atomic E-state index is 0.589. The highest BCUT2D eigenvalue weighted by Gasteiger charge is 2.30. The largest absolute Gasteiger partial charge is 0.416 e. The van der Waals surface area contributed by atoms with Gasteiger partial charge in [0.15, 0.2) is 0 Å². The van der Waals surface area contributed by atoms with Crippen molar-refractivity contribution in [1.29, 1.82) is 0 Å². The summed E-state index contributed by atoms with van der Waals surface area (Å²) in [5, 5.41) is 0.663. The van der Waals surface area contributed by atoms with Gasteiger partial charge in [-0.05, 0) is 35.2 Å². The van der Waals surface area contributed by atoms with Crippen LogP contribution in [-0.4, -0.2) is 0 Å². The molecular weight excluding hydrogens is 281 g/mol. The van der Waals surface area contributed by atoms with Crippen LogP contribution in [0.15, 0.2) is 54.6 Å². The molecule has 0 unspecified atom stereocenters. The van der Waals surface area contributed by atoms with Gasteiger partial charge in [-0.2, -0.15) is 13.2 Å². The van der Waals surface area contributed by atoms with Crippen molar-refractivity contribution < 1.29 is 13.2 Å². The van der Waals surface area contributed by atoms with Gasteiger partial charge in [-0.1, -0.05) is 30.3 Å². The molecule has 1 heterocycles. The Labute approximate surface area is 118 Å². The third kappa shape index (κ3) is 2.70. The Morgan fingerprint density at radius 3 is 2.35 bits per heavy atom. The number of hydrogen-bond donors (Lipinski definition) is 0. The van der Waals surface area contributed by atoms with E-state index in [0.717, 1.165) is 27.6 Å². The Balaban J connectivity index is 1.95. The molecule has 0 aliphatic heterocycles. The molecule has 3 aromatic rings. The van der Waals surface area contributed by atoms with Gasteiger partial charge in [0.05, 0.1) is 5.56 Å². The van der Waals surface area contributed by atoms with Crippen molar-refractivity contribution in [3.63, 3.8) is 0 Å². The van der Waals surface area contributed by atoms with Crippen LogP contribution in [0, 0.1) is 0 Å². The number of hydrogen-bond acceptors (Lipinski definition) is 1. The van der Waals surface area contributed by atoms with Gasteiger partial charge >= 0.3 is 6.18 Å². The van der Waals surface area contributed by atoms with Gasteiger partial charge in [0, 0.05) is 16.0 Å². The minimum Gasteiger partial charge on any atom is -0.166 e. The number of benzene rings is 2. The molecule has 0 atom stereocenters. The van der Waals surface area contributed by atoms with E-state index < -0.39 is 11.7 Å². The lowest BCUT2D eigenvalue weighted by molar-refractivity contribution is -0.137. The molecule has 0 nitrogen and oxygen atoms in total. The van der Waals surface area contributed by atoms with E-state index >= 15 is 0 Å². The molecule has 0 saturated heterocycles. The fraction of sp³-hybridized carbons (Fsp3) is 0.125. The topological polar surface area (TPSA) is 0 Å². The van der Waals surface area contributed by atoms with Crippen molar-refractivity contribution in [2.45, 2.75) is 12.6 Å². The van der Waals surface area contributed by atoms with Crippen molar-refractivity contribution in [2.24, 2.45) is 0 Å². The number of halogens is 3. The fourth-order valence-corrected chi connectivity index (χ4v) is 3.24. The van der Waals surface area contributed by atoms with Crippen LogP contribution in [0.25, 0.3) is 10.1 Å². The van der Waals surface area contributed by atoms with Crippen molar-refractivity contribution >= 4 is 21.4 Å². The van der Waals surface area contributed by atoms with Crippen LogP contribution in [0.3, 0.4) is 0 Å². The zero-order valence-corrected chi connectivity index (χ0v) is 11.3. The first-order chi connectivity index (χ1) is 9.52. The molecule has 0 amide bonds. The van der Waals surface area contributed by atoms with Crippen LogP contribution in [-0.2, 0) is 12.6 Å². The second-order valence-corrected chi connectivity index (χ2v) is 5.79. The molecule has 0 fully saturated rings. The third-order valence-corrected chi connectivity index (χ3v) is 4.23. The summed E-state index contributed by atoms with van der Waals surface area (Å²) in [7, 11) is 0. The molecule has 102 valence electrons. The van der Waals surface area contributed by atoms with Crippen LogP contribution in [0.1, 0.15) is 16.0 Å². The Morgan fingerprint density at radius 2 is 1.65 bits per heavy atom. The lowest BCUT2D eigenvalue weighted by atomic mass is 10.1. The molecule has 0 saturated carbocycles. The van der Waals surface area contributed by atoms with Gasteiger partial charge in [0.25, 0.3) is 0 Å². The third-order valence-electron chi connectivity index (χ3n) is 3.12. The maximum Gasteiger partial charge on any atom is 0.416 e. The Hall–Kier alpha value is -1.81. The number of fused-ring (bicyclic) bond motifs is 1. The zero-order chi connectivity index (χ0) is 14.2. The molecule has 20 heavy (non-hydrogen) atoms. The lowest BCUT2D eigenvalue weighted by Crippen LogP contribution is -2.03. The smallest absolute Gasteiger partial charge is 0.166 e. The zero-order valence-electron chi connectivity index (χ0n) is 10.4. The molecule has 3 rings (SSSR count). The standard InChI is InChI=1S/C16H11F3S/c17-16(18,19)13-6-7-15-12(9-13)10-14(20-15)8-11-4-2-1-3-5-11/h1-7,9-10H,8H2.